The molecule has 0 aromatic carbocycles. The first-order valence-electron chi connectivity index (χ1n) is 6.77. The number of hydrogen-bond acceptors (Lipinski definition) is 3. The molecular formula is C15H20O4. The fourth-order valence-electron chi connectivity index (χ4n) is 2.23. The van der Waals surface area contributed by atoms with E-state index in [4.69, 9.17) is 14.6 Å². The van der Waals surface area contributed by atoms with E-state index in [9.17, 15) is 4.79 Å². The highest BCUT2D eigenvalue weighted by molar-refractivity contribution is 5.85. The van der Waals surface area contributed by atoms with Crippen molar-refractivity contribution in [3.63, 3.8) is 0 Å². The third-order valence-electron chi connectivity index (χ3n) is 3.28. The Morgan fingerprint density at radius 3 is 2.11 bits per heavy atom. The smallest absolute Gasteiger partial charge is 0.331 e. The van der Waals surface area contributed by atoms with E-state index in [1.165, 1.54) is 0 Å². The maximum absolute atomic E-state index is 10.9. The minimum absolute atomic E-state index is 0.113. The van der Waals surface area contributed by atoms with Crippen molar-refractivity contribution in [2.24, 2.45) is 0 Å². The van der Waals surface area contributed by atoms with Crippen molar-refractivity contribution in [3.8, 4) is 0 Å². The third kappa shape index (κ3) is 4.16. The van der Waals surface area contributed by atoms with Crippen LogP contribution in [0.1, 0.15) is 44.9 Å². The standard InChI is InChI=1S/C15H20O4/c1-11(15(16)17)10-14(18-12-6-2-3-7-12)19-13-8-4-5-9-13/h6,8,14H,1-5,7,9-10H2,(H,16,17). The van der Waals surface area contributed by atoms with Crippen LogP contribution >= 0.6 is 0 Å². The third-order valence-corrected chi connectivity index (χ3v) is 3.28. The van der Waals surface area contributed by atoms with E-state index in [2.05, 4.69) is 6.58 Å². The largest absolute Gasteiger partial charge is 0.478 e. The highest BCUT2D eigenvalue weighted by Gasteiger charge is 2.21. The van der Waals surface area contributed by atoms with Crippen LogP contribution in [0.3, 0.4) is 0 Å². The molecule has 0 amide bonds. The zero-order valence-electron chi connectivity index (χ0n) is 11.1. The Morgan fingerprint density at radius 1 is 1.21 bits per heavy atom. The summed E-state index contributed by atoms with van der Waals surface area (Å²) in [5.41, 5.74) is 0.113. The van der Waals surface area contributed by atoms with Crippen LogP contribution in [-0.4, -0.2) is 17.4 Å². The minimum atomic E-state index is -1.00. The van der Waals surface area contributed by atoms with Crippen LogP contribution in [0.5, 0.6) is 0 Å². The van der Waals surface area contributed by atoms with E-state index in [0.29, 0.717) is 0 Å². The summed E-state index contributed by atoms with van der Waals surface area (Å²) >= 11 is 0. The number of carboxylic acid groups (broad SMARTS) is 1. The summed E-state index contributed by atoms with van der Waals surface area (Å²) in [6.45, 7) is 3.54. The van der Waals surface area contributed by atoms with Crippen molar-refractivity contribution in [2.45, 2.75) is 51.2 Å². The van der Waals surface area contributed by atoms with Crippen LogP contribution in [0.2, 0.25) is 0 Å². The predicted molar refractivity (Wildman–Crippen MR) is 71.2 cm³/mol. The van der Waals surface area contributed by atoms with E-state index >= 15 is 0 Å². The highest BCUT2D eigenvalue weighted by Crippen LogP contribution is 2.27. The van der Waals surface area contributed by atoms with Crippen molar-refractivity contribution < 1.29 is 19.4 Å². The number of rotatable bonds is 7. The van der Waals surface area contributed by atoms with E-state index in [1.807, 2.05) is 12.2 Å². The molecule has 2 aliphatic carbocycles. The average molecular weight is 264 g/mol. The lowest BCUT2D eigenvalue weighted by molar-refractivity contribution is -0.135. The fraction of sp³-hybridized carbons (Fsp3) is 0.533. The molecule has 0 saturated carbocycles. The molecule has 19 heavy (non-hydrogen) atoms. The molecule has 0 aromatic heterocycles. The zero-order valence-corrected chi connectivity index (χ0v) is 11.1. The van der Waals surface area contributed by atoms with Crippen LogP contribution in [0.15, 0.2) is 35.8 Å². The molecule has 0 heterocycles. The summed E-state index contributed by atoms with van der Waals surface area (Å²) in [4.78, 5) is 10.9. The Kier molecular flexibility index (Phi) is 4.66. The monoisotopic (exact) mass is 264 g/mol. The Hall–Kier alpha value is -1.71. The molecule has 0 unspecified atom stereocenters. The van der Waals surface area contributed by atoms with Gasteiger partial charge in [0.05, 0.1) is 17.9 Å². The van der Waals surface area contributed by atoms with Crippen molar-refractivity contribution in [1.29, 1.82) is 0 Å². The Balaban J connectivity index is 1.94. The summed E-state index contributed by atoms with van der Waals surface area (Å²) < 4.78 is 11.5. The van der Waals surface area contributed by atoms with Gasteiger partial charge >= 0.3 is 5.97 Å². The first-order chi connectivity index (χ1) is 9.15. The fourth-order valence-corrected chi connectivity index (χ4v) is 2.23. The van der Waals surface area contributed by atoms with Crippen LogP contribution in [-0.2, 0) is 14.3 Å². The lowest BCUT2D eigenvalue weighted by atomic mass is 10.2. The van der Waals surface area contributed by atoms with Crippen molar-refractivity contribution in [2.75, 3.05) is 0 Å². The van der Waals surface area contributed by atoms with Crippen LogP contribution < -0.4 is 0 Å². The maximum Gasteiger partial charge on any atom is 0.331 e. The van der Waals surface area contributed by atoms with Crippen molar-refractivity contribution >= 4 is 5.97 Å². The molecule has 104 valence electrons. The van der Waals surface area contributed by atoms with Gasteiger partial charge in [-0.25, -0.2) is 4.79 Å². The molecule has 4 nitrogen and oxygen atoms in total. The molecule has 0 atom stereocenters. The minimum Gasteiger partial charge on any atom is -0.478 e. The van der Waals surface area contributed by atoms with E-state index in [0.717, 1.165) is 50.0 Å². The van der Waals surface area contributed by atoms with E-state index in [1.54, 1.807) is 0 Å². The molecule has 1 N–H and O–H groups in total. The van der Waals surface area contributed by atoms with Crippen LogP contribution in [0.4, 0.5) is 0 Å². The average Bonchev–Trinajstić information content (AvgIpc) is 3.01. The van der Waals surface area contributed by atoms with Gasteiger partial charge in [0.15, 0.2) is 0 Å². The Labute approximate surface area is 113 Å². The SMILES string of the molecule is C=C(CC(OC1=CCCC1)OC1=CCCC1)C(=O)O. The molecule has 0 fully saturated rings. The molecule has 0 saturated heterocycles. The summed E-state index contributed by atoms with van der Waals surface area (Å²) in [6.07, 6.45) is 9.72. The van der Waals surface area contributed by atoms with Crippen molar-refractivity contribution in [3.05, 3.63) is 35.8 Å². The number of carboxylic acids is 1. The predicted octanol–water partition coefficient (Wildman–Crippen LogP) is 3.51. The molecule has 0 spiro atoms. The molecule has 0 bridgehead atoms. The van der Waals surface area contributed by atoms with Gasteiger partial charge in [-0.1, -0.05) is 6.58 Å². The van der Waals surface area contributed by atoms with Gasteiger partial charge in [0.25, 0.3) is 0 Å². The second-order valence-electron chi connectivity index (χ2n) is 4.90. The maximum atomic E-state index is 10.9. The Bertz CT molecular complexity index is 388. The van der Waals surface area contributed by atoms with Gasteiger partial charge in [0.2, 0.25) is 6.29 Å². The van der Waals surface area contributed by atoms with Gasteiger partial charge in [-0.05, 0) is 37.8 Å². The lowest BCUT2D eigenvalue weighted by Crippen LogP contribution is -2.19. The second kappa shape index (κ2) is 6.45. The van der Waals surface area contributed by atoms with Crippen LogP contribution in [0, 0.1) is 0 Å². The first-order valence-corrected chi connectivity index (χ1v) is 6.77. The van der Waals surface area contributed by atoms with Gasteiger partial charge < -0.3 is 14.6 Å². The molecule has 2 aliphatic rings. The molecule has 0 aliphatic heterocycles. The summed E-state index contributed by atoms with van der Waals surface area (Å²) in [5, 5.41) is 8.91. The number of aliphatic carboxylic acids is 1. The summed E-state index contributed by atoms with van der Waals surface area (Å²) in [5.74, 6) is 0.807. The number of hydrogen-bond donors (Lipinski definition) is 1. The zero-order chi connectivity index (χ0) is 13.7. The van der Waals surface area contributed by atoms with E-state index in [-0.39, 0.29) is 12.0 Å². The number of carbonyl (C=O) groups is 1. The van der Waals surface area contributed by atoms with E-state index < -0.39 is 12.3 Å². The molecule has 0 radical (unpaired) electrons. The topological polar surface area (TPSA) is 55.8 Å². The number of allylic oxidation sites excluding steroid dienone is 4. The van der Waals surface area contributed by atoms with Gasteiger partial charge in [-0.2, -0.15) is 0 Å². The van der Waals surface area contributed by atoms with Crippen LogP contribution in [0.25, 0.3) is 0 Å². The molecule has 4 heteroatoms. The summed E-state index contributed by atoms with van der Waals surface area (Å²) in [6, 6.07) is 0. The summed E-state index contributed by atoms with van der Waals surface area (Å²) in [7, 11) is 0. The molecule has 0 aromatic rings. The molecular weight excluding hydrogens is 244 g/mol. The first kappa shape index (κ1) is 13.7. The quantitative estimate of drug-likeness (QED) is 0.564. The normalized spacial score (nSPS) is 18.2. The number of ether oxygens (including phenoxy) is 2. The van der Waals surface area contributed by atoms with Gasteiger partial charge in [-0.15, -0.1) is 0 Å². The second-order valence-corrected chi connectivity index (χ2v) is 4.90. The molecule has 2 rings (SSSR count). The van der Waals surface area contributed by atoms with Gasteiger partial charge in [-0.3, -0.25) is 0 Å². The van der Waals surface area contributed by atoms with Gasteiger partial charge in [0, 0.05) is 18.4 Å². The highest BCUT2D eigenvalue weighted by atomic mass is 16.7. The van der Waals surface area contributed by atoms with Crippen molar-refractivity contribution in [1.82, 2.24) is 0 Å². The van der Waals surface area contributed by atoms with Gasteiger partial charge in [0.1, 0.15) is 0 Å². The Morgan fingerprint density at radius 2 is 1.74 bits per heavy atom. The lowest BCUT2D eigenvalue weighted by Gasteiger charge is -2.22.